The van der Waals surface area contributed by atoms with E-state index in [1.165, 1.54) is 6.33 Å². The minimum atomic E-state index is -0.246. The van der Waals surface area contributed by atoms with Gasteiger partial charge in [0.15, 0.2) is 0 Å². The van der Waals surface area contributed by atoms with Gasteiger partial charge in [0.05, 0.1) is 12.0 Å². The number of methoxy groups -OCH3 is 1. The standard InChI is InChI=1S/C9H14N4O2/c1-15-9(3-2-4-9)5-7(14)12-8-10-6-11-13-8/h6H,2-5H2,1H3,(H2,10,11,12,13,14). The smallest absolute Gasteiger partial charge is 0.229 e. The predicted molar refractivity (Wildman–Crippen MR) is 53.2 cm³/mol. The number of carbonyl (C=O) groups is 1. The van der Waals surface area contributed by atoms with Crippen molar-refractivity contribution in [1.82, 2.24) is 15.2 Å². The number of nitrogens with zero attached hydrogens (tertiary/aromatic N) is 2. The van der Waals surface area contributed by atoms with E-state index in [1.807, 2.05) is 0 Å². The van der Waals surface area contributed by atoms with E-state index < -0.39 is 0 Å². The fourth-order valence-electron chi connectivity index (χ4n) is 1.76. The molecule has 1 aliphatic rings. The Morgan fingerprint density at radius 1 is 1.73 bits per heavy atom. The molecule has 1 fully saturated rings. The average Bonchev–Trinajstić information content (AvgIpc) is 2.64. The largest absolute Gasteiger partial charge is 0.378 e. The first-order chi connectivity index (χ1) is 7.24. The van der Waals surface area contributed by atoms with Gasteiger partial charge in [0.25, 0.3) is 0 Å². The fraction of sp³-hybridized carbons (Fsp3) is 0.667. The normalized spacial score (nSPS) is 18.2. The summed E-state index contributed by atoms with van der Waals surface area (Å²) in [6.45, 7) is 0. The van der Waals surface area contributed by atoms with Gasteiger partial charge in [0.1, 0.15) is 6.33 Å². The molecule has 1 aliphatic carbocycles. The van der Waals surface area contributed by atoms with Gasteiger partial charge in [-0.25, -0.2) is 5.10 Å². The first-order valence-electron chi connectivity index (χ1n) is 4.94. The van der Waals surface area contributed by atoms with Gasteiger partial charge in [-0.1, -0.05) is 0 Å². The minimum Gasteiger partial charge on any atom is -0.378 e. The molecule has 0 bridgehead atoms. The zero-order valence-electron chi connectivity index (χ0n) is 8.62. The van der Waals surface area contributed by atoms with E-state index in [1.54, 1.807) is 7.11 Å². The lowest BCUT2D eigenvalue weighted by atomic mass is 9.77. The molecule has 82 valence electrons. The number of amides is 1. The maximum absolute atomic E-state index is 11.6. The topological polar surface area (TPSA) is 79.9 Å². The molecule has 2 rings (SSSR count). The van der Waals surface area contributed by atoms with E-state index in [4.69, 9.17) is 4.74 Å². The lowest BCUT2D eigenvalue weighted by Crippen LogP contribution is -2.42. The number of H-pyrrole nitrogens is 1. The maximum Gasteiger partial charge on any atom is 0.229 e. The van der Waals surface area contributed by atoms with Crippen molar-refractivity contribution in [1.29, 1.82) is 0 Å². The summed E-state index contributed by atoms with van der Waals surface area (Å²) in [6.07, 6.45) is 4.76. The molecule has 1 amide bonds. The summed E-state index contributed by atoms with van der Waals surface area (Å²) in [4.78, 5) is 15.4. The molecule has 0 unspecified atom stereocenters. The minimum absolute atomic E-state index is 0.0895. The number of anilines is 1. The number of hydrogen-bond donors (Lipinski definition) is 2. The van der Waals surface area contributed by atoms with E-state index in [9.17, 15) is 4.79 Å². The highest BCUT2D eigenvalue weighted by molar-refractivity contribution is 5.89. The third-order valence-electron chi connectivity index (χ3n) is 2.85. The molecule has 0 spiro atoms. The molecule has 0 atom stereocenters. The summed E-state index contributed by atoms with van der Waals surface area (Å²) in [5, 5.41) is 8.85. The van der Waals surface area contributed by atoms with Gasteiger partial charge < -0.3 is 4.74 Å². The second-order valence-corrected chi connectivity index (χ2v) is 3.80. The molecule has 0 aromatic carbocycles. The van der Waals surface area contributed by atoms with Crippen LogP contribution in [0.15, 0.2) is 6.33 Å². The van der Waals surface area contributed by atoms with Crippen LogP contribution in [0, 0.1) is 0 Å². The third-order valence-corrected chi connectivity index (χ3v) is 2.85. The third kappa shape index (κ3) is 2.15. The van der Waals surface area contributed by atoms with Crippen LogP contribution in [0.25, 0.3) is 0 Å². The zero-order chi connectivity index (χ0) is 10.7. The van der Waals surface area contributed by atoms with Crippen LogP contribution in [0.3, 0.4) is 0 Å². The summed E-state index contributed by atoms with van der Waals surface area (Å²) in [5.74, 6) is 0.291. The zero-order valence-corrected chi connectivity index (χ0v) is 8.62. The van der Waals surface area contributed by atoms with Crippen LogP contribution in [-0.4, -0.2) is 33.8 Å². The molecule has 1 saturated carbocycles. The molecular formula is C9H14N4O2. The number of carbonyl (C=O) groups excluding carboxylic acids is 1. The Balaban J connectivity index is 1.87. The summed E-state index contributed by atoms with van der Waals surface area (Å²) in [7, 11) is 1.65. The molecule has 6 heteroatoms. The number of ether oxygens (including phenoxy) is 1. The molecule has 1 heterocycles. The Labute approximate surface area is 87.4 Å². The summed E-state index contributed by atoms with van der Waals surface area (Å²) < 4.78 is 5.36. The Morgan fingerprint density at radius 2 is 2.53 bits per heavy atom. The highest BCUT2D eigenvalue weighted by Crippen LogP contribution is 2.37. The van der Waals surface area contributed by atoms with E-state index in [0.29, 0.717) is 12.4 Å². The van der Waals surface area contributed by atoms with Crippen molar-refractivity contribution in [3.05, 3.63) is 6.33 Å². The molecule has 0 saturated heterocycles. The fourth-order valence-corrected chi connectivity index (χ4v) is 1.76. The van der Waals surface area contributed by atoms with E-state index >= 15 is 0 Å². The van der Waals surface area contributed by atoms with Gasteiger partial charge in [0, 0.05) is 7.11 Å². The number of aromatic amines is 1. The van der Waals surface area contributed by atoms with Gasteiger partial charge in [0.2, 0.25) is 11.9 Å². The number of hydrogen-bond acceptors (Lipinski definition) is 4. The van der Waals surface area contributed by atoms with Crippen molar-refractivity contribution in [3.63, 3.8) is 0 Å². The van der Waals surface area contributed by atoms with E-state index in [-0.39, 0.29) is 11.5 Å². The van der Waals surface area contributed by atoms with Crippen molar-refractivity contribution in [3.8, 4) is 0 Å². The molecule has 0 aliphatic heterocycles. The summed E-state index contributed by atoms with van der Waals surface area (Å²) in [5.41, 5.74) is -0.246. The van der Waals surface area contributed by atoms with E-state index in [2.05, 4.69) is 20.5 Å². The Morgan fingerprint density at radius 3 is 3.00 bits per heavy atom. The SMILES string of the molecule is COC1(CC(=O)Nc2ncn[nH]2)CCC1. The van der Waals surface area contributed by atoms with Gasteiger partial charge in [-0.3, -0.25) is 10.1 Å². The summed E-state index contributed by atoms with van der Waals surface area (Å²) in [6, 6.07) is 0. The van der Waals surface area contributed by atoms with Crippen LogP contribution in [-0.2, 0) is 9.53 Å². The second-order valence-electron chi connectivity index (χ2n) is 3.80. The van der Waals surface area contributed by atoms with Crippen molar-refractivity contribution in [2.75, 3.05) is 12.4 Å². The molecule has 0 radical (unpaired) electrons. The number of rotatable bonds is 4. The van der Waals surface area contributed by atoms with Crippen molar-refractivity contribution >= 4 is 11.9 Å². The Hall–Kier alpha value is -1.43. The molecule has 1 aromatic heterocycles. The highest BCUT2D eigenvalue weighted by atomic mass is 16.5. The van der Waals surface area contributed by atoms with Gasteiger partial charge in [-0.2, -0.15) is 10.1 Å². The lowest BCUT2D eigenvalue weighted by molar-refractivity contribution is -0.129. The number of aromatic nitrogens is 3. The Bertz CT molecular complexity index is 326. The summed E-state index contributed by atoms with van der Waals surface area (Å²) >= 11 is 0. The average molecular weight is 210 g/mol. The highest BCUT2D eigenvalue weighted by Gasteiger charge is 2.39. The first-order valence-corrected chi connectivity index (χ1v) is 4.94. The lowest BCUT2D eigenvalue weighted by Gasteiger charge is -2.39. The quantitative estimate of drug-likeness (QED) is 0.766. The van der Waals surface area contributed by atoms with Gasteiger partial charge in [-0.05, 0) is 19.3 Å². The van der Waals surface area contributed by atoms with Crippen LogP contribution in [0.1, 0.15) is 25.7 Å². The first kappa shape index (κ1) is 10.1. The van der Waals surface area contributed by atoms with Crippen molar-refractivity contribution in [2.45, 2.75) is 31.3 Å². The van der Waals surface area contributed by atoms with Crippen molar-refractivity contribution in [2.24, 2.45) is 0 Å². The van der Waals surface area contributed by atoms with Crippen molar-refractivity contribution < 1.29 is 9.53 Å². The molecule has 1 aromatic rings. The molecular weight excluding hydrogens is 196 g/mol. The predicted octanol–water partition coefficient (Wildman–Crippen LogP) is 0.702. The van der Waals surface area contributed by atoms with Gasteiger partial charge in [-0.15, -0.1) is 0 Å². The molecule has 2 N–H and O–H groups in total. The monoisotopic (exact) mass is 210 g/mol. The van der Waals surface area contributed by atoms with Crippen LogP contribution in [0.2, 0.25) is 0 Å². The van der Waals surface area contributed by atoms with E-state index in [0.717, 1.165) is 19.3 Å². The van der Waals surface area contributed by atoms with Crippen LogP contribution >= 0.6 is 0 Å². The number of nitrogens with one attached hydrogen (secondary N) is 2. The molecule has 6 nitrogen and oxygen atoms in total. The molecule has 15 heavy (non-hydrogen) atoms. The van der Waals surface area contributed by atoms with Crippen LogP contribution in [0.5, 0.6) is 0 Å². The maximum atomic E-state index is 11.6. The Kier molecular flexibility index (Phi) is 2.68. The second kappa shape index (κ2) is 3.98. The van der Waals surface area contributed by atoms with Crippen LogP contribution < -0.4 is 5.32 Å². The van der Waals surface area contributed by atoms with Crippen LogP contribution in [0.4, 0.5) is 5.95 Å². The van der Waals surface area contributed by atoms with Gasteiger partial charge >= 0.3 is 0 Å².